The lowest BCUT2D eigenvalue weighted by atomic mass is 9.90. The van der Waals surface area contributed by atoms with E-state index in [0.29, 0.717) is 13.0 Å². The van der Waals surface area contributed by atoms with Crippen LogP contribution in [-0.4, -0.2) is 41.1 Å². The number of rotatable bonds is 5. The SMILES string of the molecule is CN(c1ccccc1)c1ccc(CN2CCC(C)(C(=O)O)C2)cn1. The van der Waals surface area contributed by atoms with E-state index in [9.17, 15) is 9.90 Å². The molecule has 1 saturated heterocycles. The van der Waals surface area contributed by atoms with Gasteiger partial charge in [-0.3, -0.25) is 9.69 Å². The van der Waals surface area contributed by atoms with Gasteiger partial charge >= 0.3 is 5.97 Å². The topological polar surface area (TPSA) is 56.7 Å². The number of carbonyl (C=O) groups is 1. The van der Waals surface area contributed by atoms with Crippen molar-refractivity contribution >= 4 is 17.5 Å². The third kappa shape index (κ3) is 3.41. The number of likely N-dealkylation sites (tertiary alicyclic amines) is 1. The van der Waals surface area contributed by atoms with E-state index >= 15 is 0 Å². The molecule has 5 heteroatoms. The summed E-state index contributed by atoms with van der Waals surface area (Å²) in [6.45, 7) is 3.97. The Bertz CT molecular complexity index is 702. The van der Waals surface area contributed by atoms with Crippen molar-refractivity contribution < 1.29 is 9.90 Å². The number of aromatic nitrogens is 1. The molecule has 2 aromatic rings. The molecule has 24 heavy (non-hydrogen) atoms. The molecule has 1 aliphatic rings. The molecule has 0 aliphatic carbocycles. The third-order valence-corrected chi connectivity index (χ3v) is 4.77. The average Bonchev–Trinajstić information content (AvgIpc) is 2.98. The van der Waals surface area contributed by atoms with Crippen molar-refractivity contribution in [3.63, 3.8) is 0 Å². The molecular formula is C19H23N3O2. The van der Waals surface area contributed by atoms with Gasteiger partial charge in [0.25, 0.3) is 0 Å². The van der Waals surface area contributed by atoms with Crippen LogP contribution in [0.3, 0.4) is 0 Å². The number of carboxylic acids is 1. The highest BCUT2D eigenvalue weighted by Crippen LogP contribution is 2.31. The van der Waals surface area contributed by atoms with Gasteiger partial charge < -0.3 is 10.0 Å². The van der Waals surface area contributed by atoms with E-state index in [-0.39, 0.29) is 0 Å². The van der Waals surface area contributed by atoms with Gasteiger partial charge in [0.2, 0.25) is 0 Å². The molecule has 5 nitrogen and oxygen atoms in total. The van der Waals surface area contributed by atoms with Crippen LogP contribution in [0.4, 0.5) is 11.5 Å². The van der Waals surface area contributed by atoms with Crippen LogP contribution in [0.15, 0.2) is 48.7 Å². The molecule has 1 aromatic carbocycles. The van der Waals surface area contributed by atoms with Gasteiger partial charge in [-0.05, 0) is 43.7 Å². The first kappa shape index (κ1) is 16.5. The van der Waals surface area contributed by atoms with Gasteiger partial charge in [0.1, 0.15) is 5.82 Å². The second-order valence-corrected chi connectivity index (χ2v) is 6.75. The summed E-state index contributed by atoms with van der Waals surface area (Å²) >= 11 is 0. The minimum absolute atomic E-state index is 0.591. The lowest BCUT2D eigenvalue weighted by Crippen LogP contribution is -2.31. The molecule has 1 atom stereocenters. The van der Waals surface area contributed by atoms with Crippen LogP contribution in [-0.2, 0) is 11.3 Å². The Morgan fingerprint density at radius 1 is 1.29 bits per heavy atom. The van der Waals surface area contributed by atoms with Crippen molar-refractivity contribution in [2.75, 3.05) is 25.0 Å². The maximum Gasteiger partial charge on any atom is 0.310 e. The van der Waals surface area contributed by atoms with Crippen molar-refractivity contribution in [1.82, 2.24) is 9.88 Å². The Morgan fingerprint density at radius 3 is 2.62 bits per heavy atom. The lowest BCUT2D eigenvalue weighted by molar-refractivity contribution is -0.147. The van der Waals surface area contributed by atoms with Crippen LogP contribution in [0.2, 0.25) is 0 Å². The van der Waals surface area contributed by atoms with Crippen LogP contribution in [0.25, 0.3) is 0 Å². The molecule has 1 aromatic heterocycles. The molecule has 1 aliphatic heterocycles. The number of aliphatic carboxylic acids is 1. The third-order valence-electron chi connectivity index (χ3n) is 4.77. The fraction of sp³-hybridized carbons (Fsp3) is 0.368. The van der Waals surface area contributed by atoms with Gasteiger partial charge in [0.05, 0.1) is 5.41 Å². The van der Waals surface area contributed by atoms with Gasteiger partial charge in [-0.2, -0.15) is 0 Å². The average molecular weight is 325 g/mol. The summed E-state index contributed by atoms with van der Waals surface area (Å²) in [5.41, 5.74) is 1.57. The summed E-state index contributed by atoms with van der Waals surface area (Å²) in [7, 11) is 2.00. The maximum atomic E-state index is 11.3. The molecule has 3 rings (SSSR count). The fourth-order valence-corrected chi connectivity index (χ4v) is 3.12. The Balaban J connectivity index is 1.64. The molecule has 126 valence electrons. The molecule has 0 saturated carbocycles. The van der Waals surface area contributed by atoms with E-state index in [1.807, 2.05) is 61.5 Å². The maximum absolute atomic E-state index is 11.3. The summed E-state index contributed by atoms with van der Waals surface area (Å²) < 4.78 is 0. The van der Waals surface area contributed by atoms with Gasteiger partial charge in [-0.25, -0.2) is 4.98 Å². The smallest absolute Gasteiger partial charge is 0.310 e. The van der Waals surface area contributed by atoms with Crippen LogP contribution in [0.5, 0.6) is 0 Å². The first-order valence-corrected chi connectivity index (χ1v) is 8.17. The monoisotopic (exact) mass is 325 g/mol. The van der Waals surface area contributed by atoms with Crippen LogP contribution < -0.4 is 4.90 Å². The second kappa shape index (κ2) is 6.61. The highest BCUT2D eigenvalue weighted by Gasteiger charge is 2.40. The molecule has 0 bridgehead atoms. The van der Waals surface area contributed by atoms with E-state index in [1.165, 1.54) is 0 Å². The zero-order valence-electron chi connectivity index (χ0n) is 14.1. The Labute approximate surface area is 142 Å². The Hall–Kier alpha value is -2.40. The van der Waals surface area contributed by atoms with E-state index in [0.717, 1.165) is 30.2 Å². The Morgan fingerprint density at radius 2 is 2.04 bits per heavy atom. The summed E-state index contributed by atoms with van der Waals surface area (Å²) in [4.78, 5) is 20.1. The number of anilines is 2. The van der Waals surface area contributed by atoms with Gasteiger partial charge in [-0.15, -0.1) is 0 Å². The van der Waals surface area contributed by atoms with Crippen molar-refractivity contribution in [3.05, 3.63) is 54.2 Å². The van der Waals surface area contributed by atoms with Crippen molar-refractivity contribution in [2.24, 2.45) is 5.41 Å². The molecular weight excluding hydrogens is 302 g/mol. The standard InChI is InChI=1S/C19H23N3O2/c1-19(18(23)24)10-11-22(14-19)13-15-8-9-17(20-12-15)21(2)16-6-4-3-5-7-16/h3-9,12H,10-11,13-14H2,1-2H3,(H,23,24). The molecule has 1 N–H and O–H groups in total. The first-order chi connectivity index (χ1) is 11.5. The quantitative estimate of drug-likeness (QED) is 0.915. The van der Waals surface area contributed by atoms with Gasteiger partial charge in [-0.1, -0.05) is 24.3 Å². The van der Waals surface area contributed by atoms with Crippen molar-refractivity contribution in [3.8, 4) is 0 Å². The fourth-order valence-electron chi connectivity index (χ4n) is 3.12. The van der Waals surface area contributed by atoms with Gasteiger partial charge in [0.15, 0.2) is 0 Å². The summed E-state index contributed by atoms with van der Waals surface area (Å²) in [5.74, 6) is 0.185. The first-order valence-electron chi connectivity index (χ1n) is 8.17. The second-order valence-electron chi connectivity index (χ2n) is 6.75. The number of pyridine rings is 1. The van der Waals surface area contributed by atoms with E-state index < -0.39 is 11.4 Å². The van der Waals surface area contributed by atoms with Crippen LogP contribution >= 0.6 is 0 Å². The highest BCUT2D eigenvalue weighted by atomic mass is 16.4. The number of hydrogen-bond acceptors (Lipinski definition) is 4. The number of hydrogen-bond donors (Lipinski definition) is 1. The van der Waals surface area contributed by atoms with E-state index in [4.69, 9.17) is 0 Å². The molecule has 0 radical (unpaired) electrons. The van der Waals surface area contributed by atoms with Crippen LogP contribution in [0.1, 0.15) is 18.9 Å². The zero-order chi connectivity index (χ0) is 17.2. The summed E-state index contributed by atoms with van der Waals surface area (Å²) in [6.07, 6.45) is 2.58. The van der Waals surface area contributed by atoms with Gasteiger partial charge in [0, 0.05) is 32.0 Å². The predicted octanol–water partition coefficient (Wildman–Crippen LogP) is 3.15. The summed E-state index contributed by atoms with van der Waals surface area (Å²) in [6, 6.07) is 14.2. The van der Waals surface area contributed by atoms with Crippen LogP contribution in [0, 0.1) is 5.41 Å². The highest BCUT2D eigenvalue weighted by molar-refractivity contribution is 5.74. The number of para-hydroxylation sites is 1. The van der Waals surface area contributed by atoms with E-state index in [2.05, 4.69) is 16.0 Å². The lowest BCUT2D eigenvalue weighted by Gasteiger charge is -2.21. The minimum atomic E-state index is -0.706. The van der Waals surface area contributed by atoms with Crippen molar-refractivity contribution in [1.29, 1.82) is 0 Å². The molecule has 1 unspecified atom stereocenters. The zero-order valence-corrected chi connectivity index (χ0v) is 14.1. The number of carboxylic acid groups (broad SMARTS) is 1. The Kier molecular flexibility index (Phi) is 4.53. The number of benzene rings is 1. The molecule has 0 amide bonds. The normalized spacial score (nSPS) is 20.9. The summed E-state index contributed by atoms with van der Waals surface area (Å²) in [5, 5.41) is 9.32. The molecule has 0 spiro atoms. The number of nitrogens with zero attached hydrogens (tertiary/aromatic N) is 3. The molecule has 1 fully saturated rings. The predicted molar refractivity (Wildman–Crippen MR) is 94.4 cm³/mol. The molecule has 2 heterocycles. The van der Waals surface area contributed by atoms with E-state index in [1.54, 1.807) is 0 Å². The minimum Gasteiger partial charge on any atom is -0.481 e. The van der Waals surface area contributed by atoms with Crippen molar-refractivity contribution in [2.45, 2.75) is 19.9 Å². The largest absolute Gasteiger partial charge is 0.481 e.